The molecule has 0 aliphatic heterocycles. The van der Waals surface area contributed by atoms with Crippen LogP contribution in [0.15, 0.2) is 18.2 Å². The van der Waals surface area contributed by atoms with Crippen molar-refractivity contribution in [3.63, 3.8) is 0 Å². The predicted molar refractivity (Wildman–Crippen MR) is 76.8 cm³/mol. The second kappa shape index (κ2) is 4.19. The molecule has 0 heterocycles. The van der Waals surface area contributed by atoms with Crippen LogP contribution >= 0.6 is 0 Å². The Kier molecular flexibility index (Phi) is 2.52. The number of nitrogens with one attached hydrogen (secondary N) is 1. The molecule has 3 aliphatic carbocycles. The summed E-state index contributed by atoms with van der Waals surface area (Å²) in [5.74, 6) is 2.35. The Morgan fingerprint density at radius 1 is 1.29 bits per heavy atom. The molecular formula is C15H17N3O3. The third-order valence-electron chi connectivity index (χ3n) is 5.54. The Bertz CT molecular complexity index is 629. The lowest BCUT2D eigenvalue weighted by atomic mass is 10.0. The quantitative estimate of drug-likeness (QED) is 0.654. The average Bonchev–Trinajstić information content (AvgIpc) is 2.83. The van der Waals surface area contributed by atoms with Gasteiger partial charge in [0.25, 0.3) is 5.69 Å². The molecule has 0 aromatic heterocycles. The van der Waals surface area contributed by atoms with Crippen molar-refractivity contribution in [2.45, 2.75) is 25.3 Å². The second-order valence-electron chi connectivity index (χ2n) is 6.51. The number of nitrogens with zero attached hydrogens (tertiary/aromatic N) is 1. The Morgan fingerprint density at radius 3 is 2.52 bits per heavy atom. The van der Waals surface area contributed by atoms with Crippen molar-refractivity contribution in [2.24, 2.45) is 29.4 Å². The average molecular weight is 287 g/mol. The summed E-state index contributed by atoms with van der Waals surface area (Å²) >= 11 is 0. The molecule has 6 nitrogen and oxygen atoms in total. The summed E-state index contributed by atoms with van der Waals surface area (Å²) in [6.45, 7) is 0. The molecule has 2 bridgehead atoms. The molecule has 0 radical (unpaired) electrons. The summed E-state index contributed by atoms with van der Waals surface area (Å²) in [6.07, 6.45) is 3.97. The molecule has 0 saturated heterocycles. The van der Waals surface area contributed by atoms with Gasteiger partial charge in [-0.3, -0.25) is 14.9 Å². The highest BCUT2D eigenvalue weighted by Crippen LogP contribution is 2.66. The maximum atomic E-state index is 11.2. The van der Waals surface area contributed by atoms with Crippen molar-refractivity contribution >= 4 is 17.3 Å². The number of hydrogen-bond acceptors (Lipinski definition) is 4. The van der Waals surface area contributed by atoms with E-state index in [1.165, 1.54) is 25.3 Å². The fourth-order valence-corrected chi connectivity index (χ4v) is 4.66. The fraction of sp³-hybridized carbons (Fsp3) is 0.533. The molecule has 3 aliphatic rings. The number of nitro benzene ring substituents is 1. The zero-order valence-corrected chi connectivity index (χ0v) is 11.5. The van der Waals surface area contributed by atoms with E-state index in [1.54, 1.807) is 12.1 Å². The largest absolute Gasteiger partial charge is 0.376 e. The minimum atomic E-state index is -0.647. The number of rotatable bonds is 4. The molecule has 4 unspecified atom stereocenters. The molecular weight excluding hydrogens is 270 g/mol. The molecule has 3 saturated carbocycles. The van der Waals surface area contributed by atoms with Crippen molar-refractivity contribution in [1.29, 1.82) is 0 Å². The molecule has 4 atom stereocenters. The van der Waals surface area contributed by atoms with Crippen LogP contribution in [0.1, 0.15) is 29.6 Å². The Hall–Kier alpha value is -2.11. The first-order valence-electron chi connectivity index (χ1n) is 7.41. The third kappa shape index (κ3) is 1.81. The summed E-state index contributed by atoms with van der Waals surface area (Å²) in [4.78, 5) is 21.9. The van der Waals surface area contributed by atoms with Gasteiger partial charge < -0.3 is 11.1 Å². The number of anilines is 1. The second-order valence-corrected chi connectivity index (χ2v) is 6.51. The SMILES string of the molecule is NC(=O)c1ccc(NC2C3C4CCC(C4)C23)c([N+](=O)[O-])c1. The molecule has 1 amide bonds. The zero-order valence-electron chi connectivity index (χ0n) is 11.5. The van der Waals surface area contributed by atoms with E-state index in [-0.39, 0.29) is 11.3 Å². The first-order chi connectivity index (χ1) is 10.1. The van der Waals surface area contributed by atoms with Gasteiger partial charge in [-0.05, 0) is 55.1 Å². The van der Waals surface area contributed by atoms with Gasteiger partial charge >= 0.3 is 0 Å². The van der Waals surface area contributed by atoms with Gasteiger partial charge in [0.2, 0.25) is 5.91 Å². The van der Waals surface area contributed by atoms with Crippen LogP contribution in [0, 0.1) is 33.8 Å². The van der Waals surface area contributed by atoms with E-state index in [4.69, 9.17) is 5.73 Å². The van der Waals surface area contributed by atoms with Crippen molar-refractivity contribution in [3.05, 3.63) is 33.9 Å². The lowest BCUT2D eigenvalue weighted by Crippen LogP contribution is -2.15. The fourth-order valence-electron chi connectivity index (χ4n) is 4.66. The summed E-state index contributed by atoms with van der Waals surface area (Å²) in [6, 6.07) is 4.78. The van der Waals surface area contributed by atoms with Crippen LogP contribution < -0.4 is 11.1 Å². The van der Waals surface area contributed by atoms with Gasteiger partial charge in [-0.15, -0.1) is 0 Å². The first kappa shape index (κ1) is 12.6. The number of hydrogen-bond donors (Lipinski definition) is 2. The summed E-state index contributed by atoms with van der Waals surface area (Å²) in [7, 11) is 0. The topological polar surface area (TPSA) is 98.3 Å². The molecule has 110 valence electrons. The van der Waals surface area contributed by atoms with Crippen LogP contribution in [0.2, 0.25) is 0 Å². The van der Waals surface area contributed by atoms with Gasteiger partial charge in [-0.25, -0.2) is 0 Å². The molecule has 3 N–H and O–H groups in total. The van der Waals surface area contributed by atoms with Crippen LogP contribution in [0.4, 0.5) is 11.4 Å². The van der Waals surface area contributed by atoms with Crippen LogP contribution in [-0.4, -0.2) is 16.9 Å². The van der Waals surface area contributed by atoms with Gasteiger partial charge in [0.1, 0.15) is 5.69 Å². The zero-order chi connectivity index (χ0) is 14.7. The normalized spacial score (nSPS) is 35.3. The molecule has 4 rings (SSSR count). The standard InChI is InChI=1S/C15H17N3O3/c16-15(19)9-3-4-10(11(6-9)18(20)21)17-14-12-7-1-2-8(5-7)13(12)14/h3-4,6-8,12-14,17H,1-2,5H2,(H2,16,19). The maximum absolute atomic E-state index is 11.2. The number of amides is 1. The van der Waals surface area contributed by atoms with Crippen molar-refractivity contribution in [3.8, 4) is 0 Å². The maximum Gasteiger partial charge on any atom is 0.293 e. The highest BCUT2D eigenvalue weighted by Gasteiger charge is 2.65. The minimum absolute atomic E-state index is 0.0661. The number of carbonyl (C=O) groups excluding carboxylic acids is 1. The molecule has 21 heavy (non-hydrogen) atoms. The van der Waals surface area contributed by atoms with E-state index in [0.29, 0.717) is 23.6 Å². The van der Waals surface area contributed by atoms with Crippen LogP contribution in [0.5, 0.6) is 0 Å². The summed E-state index contributed by atoms with van der Waals surface area (Å²) < 4.78 is 0. The highest BCUT2D eigenvalue weighted by atomic mass is 16.6. The van der Waals surface area contributed by atoms with E-state index in [9.17, 15) is 14.9 Å². The number of primary amides is 1. The van der Waals surface area contributed by atoms with Crippen molar-refractivity contribution < 1.29 is 9.72 Å². The number of benzene rings is 1. The number of carbonyl (C=O) groups is 1. The van der Waals surface area contributed by atoms with E-state index < -0.39 is 10.8 Å². The minimum Gasteiger partial charge on any atom is -0.376 e. The van der Waals surface area contributed by atoms with Crippen LogP contribution in [0.25, 0.3) is 0 Å². The van der Waals surface area contributed by atoms with Crippen molar-refractivity contribution in [2.75, 3.05) is 5.32 Å². The lowest BCUT2D eigenvalue weighted by Gasteiger charge is -2.12. The van der Waals surface area contributed by atoms with Gasteiger partial charge in [-0.2, -0.15) is 0 Å². The van der Waals surface area contributed by atoms with Gasteiger partial charge in [-0.1, -0.05) is 0 Å². The summed E-state index contributed by atoms with van der Waals surface area (Å²) in [5, 5.41) is 14.5. The Balaban J connectivity index is 1.58. The lowest BCUT2D eigenvalue weighted by molar-refractivity contribution is -0.384. The Morgan fingerprint density at radius 2 is 1.95 bits per heavy atom. The van der Waals surface area contributed by atoms with E-state index >= 15 is 0 Å². The van der Waals surface area contributed by atoms with Crippen molar-refractivity contribution in [1.82, 2.24) is 0 Å². The number of fused-ring (bicyclic) bond motifs is 5. The van der Waals surface area contributed by atoms with E-state index in [0.717, 1.165) is 11.8 Å². The third-order valence-corrected chi connectivity index (χ3v) is 5.54. The predicted octanol–water partition coefficient (Wildman–Crippen LogP) is 2.15. The van der Waals surface area contributed by atoms with Gasteiger partial charge in [0.05, 0.1) is 4.92 Å². The van der Waals surface area contributed by atoms with Crippen LogP contribution in [0.3, 0.4) is 0 Å². The van der Waals surface area contributed by atoms with Gasteiger partial charge in [0, 0.05) is 17.7 Å². The Labute approximate surface area is 121 Å². The molecule has 1 aromatic rings. The number of nitro groups is 1. The van der Waals surface area contributed by atoms with Crippen LogP contribution in [-0.2, 0) is 0 Å². The monoisotopic (exact) mass is 287 g/mol. The smallest absolute Gasteiger partial charge is 0.293 e. The van der Waals surface area contributed by atoms with E-state index in [1.807, 2.05) is 0 Å². The molecule has 1 aromatic carbocycles. The first-order valence-corrected chi connectivity index (χ1v) is 7.41. The molecule has 6 heteroatoms. The number of nitrogens with two attached hydrogens (primary N) is 1. The summed E-state index contributed by atoms with van der Waals surface area (Å²) in [5.41, 5.74) is 5.79. The highest BCUT2D eigenvalue weighted by molar-refractivity contribution is 5.94. The molecule has 3 fully saturated rings. The van der Waals surface area contributed by atoms with Gasteiger partial charge in [0.15, 0.2) is 0 Å². The molecule has 0 spiro atoms. The van der Waals surface area contributed by atoms with E-state index in [2.05, 4.69) is 5.32 Å².